The number of halogens is 2. The number of ether oxygens (including phenoxy) is 1. The molecule has 3 aliphatic carbocycles. The van der Waals surface area contributed by atoms with Gasteiger partial charge in [-0.05, 0) is 67.8 Å². The van der Waals surface area contributed by atoms with Gasteiger partial charge >= 0.3 is 0 Å². The molecule has 3 fully saturated rings. The Bertz CT molecular complexity index is 857. The maximum atomic E-state index is 14.3. The number of hydrogen-bond acceptors (Lipinski definition) is 4. The van der Waals surface area contributed by atoms with Crippen LogP contribution in [-0.2, 0) is 10.0 Å². The second-order valence-corrected chi connectivity index (χ2v) is 10.4. The molecule has 5 atom stereocenters. The second kappa shape index (κ2) is 6.92. The molecule has 148 valence electrons. The maximum Gasteiger partial charge on any atom is 0.267 e. The molecule has 0 radical (unpaired) electrons. The van der Waals surface area contributed by atoms with Crippen molar-refractivity contribution in [2.75, 3.05) is 12.9 Å². The van der Waals surface area contributed by atoms with Crippen molar-refractivity contribution in [3.63, 3.8) is 0 Å². The molecule has 5 nitrogen and oxygen atoms in total. The molecule has 0 saturated heterocycles. The van der Waals surface area contributed by atoms with Crippen LogP contribution in [0.4, 0.5) is 4.39 Å². The van der Waals surface area contributed by atoms with E-state index >= 15 is 0 Å². The molecular formula is C19H23ClFNO4S. The highest BCUT2D eigenvalue weighted by Crippen LogP contribution is 2.60. The van der Waals surface area contributed by atoms with E-state index < -0.39 is 27.3 Å². The Hall–Kier alpha value is -1.34. The van der Waals surface area contributed by atoms with Gasteiger partial charge in [0, 0.05) is 6.07 Å². The SMILES string of the molecule is CS(=O)(=O)NC(=O)c1cc(Cl)c(OCC2C[C@@H]3[C@H]4CC[C@H](C4)[C@@H]3C2)cc1F. The number of nitrogens with one attached hydrogen (secondary N) is 1. The molecule has 4 rings (SSSR count). The van der Waals surface area contributed by atoms with Crippen LogP contribution in [0.5, 0.6) is 5.75 Å². The van der Waals surface area contributed by atoms with Gasteiger partial charge in [0.1, 0.15) is 11.6 Å². The number of amides is 1. The minimum absolute atomic E-state index is 0.0910. The predicted molar refractivity (Wildman–Crippen MR) is 99.8 cm³/mol. The molecule has 3 saturated carbocycles. The number of carbonyl (C=O) groups is 1. The lowest BCUT2D eigenvalue weighted by Gasteiger charge is -2.23. The molecule has 8 heteroatoms. The van der Waals surface area contributed by atoms with Crippen LogP contribution in [0.2, 0.25) is 5.02 Å². The van der Waals surface area contributed by atoms with Gasteiger partial charge in [0.15, 0.2) is 0 Å². The Balaban J connectivity index is 1.40. The molecule has 0 aliphatic heterocycles. The number of sulfonamides is 1. The van der Waals surface area contributed by atoms with Gasteiger partial charge in [-0.25, -0.2) is 17.5 Å². The monoisotopic (exact) mass is 415 g/mol. The zero-order chi connectivity index (χ0) is 19.3. The Morgan fingerprint density at radius 2 is 1.85 bits per heavy atom. The van der Waals surface area contributed by atoms with E-state index in [4.69, 9.17) is 16.3 Å². The van der Waals surface area contributed by atoms with Crippen LogP contribution in [0.15, 0.2) is 12.1 Å². The number of fused-ring (bicyclic) bond motifs is 5. The van der Waals surface area contributed by atoms with Gasteiger partial charge in [-0.15, -0.1) is 0 Å². The van der Waals surface area contributed by atoms with Crippen LogP contribution < -0.4 is 9.46 Å². The molecule has 27 heavy (non-hydrogen) atoms. The van der Waals surface area contributed by atoms with Crippen molar-refractivity contribution < 1.29 is 22.3 Å². The fourth-order valence-corrected chi connectivity index (χ4v) is 6.18. The first-order valence-corrected chi connectivity index (χ1v) is 11.6. The van der Waals surface area contributed by atoms with Crippen LogP contribution in [0, 0.1) is 35.4 Å². The fraction of sp³-hybridized carbons (Fsp3) is 0.632. The lowest BCUT2D eigenvalue weighted by Crippen LogP contribution is -2.30. The van der Waals surface area contributed by atoms with Gasteiger partial charge in [0.25, 0.3) is 5.91 Å². The summed E-state index contributed by atoms with van der Waals surface area (Å²) in [6.07, 6.45) is 7.30. The van der Waals surface area contributed by atoms with Crippen molar-refractivity contribution in [3.05, 3.63) is 28.5 Å². The summed E-state index contributed by atoms with van der Waals surface area (Å²) in [5.41, 5.74) is -0.426. The van der Waals surface area contributed by atoms with E-state index in [-0.39, 0.29) is 10.8 Å². The molecule has 1 unspecified atom stereocenters. The second-order valence-electron chi connectivity index (χ2n) is 8.28. The lowest BCUT2D eigenvalue weighted by atomic mass is 9.82. The minimum Gasteiger partial charge on any atom is -0.492 e. The Kier molecular flexibility index (Phi) is 4.87. The quantitative estimate of drug-likeness (QED) is 0.797. The molecule has 1 amide bonds. The van der Waals surface area contributed by atoms with E-state index in [0.29, 0.717) is 12.5 Å². The first kappa shape index (κ1) is 19.0. The summed E-state index contributed by atoms with van der Waals surface area (Å²) < 4.78 is 44.1. The fourth-order valence-electron chi connectivity index (χ4n) is 5.51. The summed E-state index contributed by atoms with van der Waals surface area (Å²) in [5.74, 6) is 2.15. The highest BCUT2D eigenvalue weighted by atomic mass is 35.5. The zero-order valence-electron chi connectivity index (χ0n) is 15.1. The van der Waals surface area contributed by atoms with Crippen LogP contribution in [0.1, 0.15) is 42.5 Å². The first-order chi connectivity index (χ1) is 12.7. The number of rotatable bonds is 5. The molecule has 0 heterocycles. The average Bonchev–Trinajstić information content (AvgIpc) is 3.25. The average molecular weight is 416 g/mol. The molecular weight excluding hydrogens is 393 g/mol. The van der Waals surface area contributed by atoms with Crippen molar-refractivity contribution in [1.29, 1.82) is 0 Å². The van der Waals surface area contributed by atoms with Gasteiger partial charge in [-0.2, -0.15) is 0 Å². The maximum absolute atomic E-state index is 14.3. The topological polar surface area (TPSA) is 72.5 Å². The van der Waals surface area contributed by atoms with Gasteiger partial charge in [0.05, 0.1) is 23.4 Å². The largest absolute Gasteiger partial charge is 0.492 e. The minimum atomic E-state index is -3.78. The molecule has 0 aromatic heterocycles. The smallest absolute Gasteiger partial charge is 0.267 e. The molecule has 0 spiro atoms. The summed E-state index contributed by atoms with van der Waals surface area (Å²) in [4.78, 5) is 11.9. The van der Waals surface area contributed by atoms with Crippen molar-refractivity contribution in [1.82, 2.24) is 4.72 Å². The van der Waals surface area contributed by atoms with Gasteiger partial charge in [-0.1, -0.05) is 11.6 Å². The van der Waals surface area contributed by atoms with E-state index in [0.717, 1.165) is 42.1 Å². The summed E-state index contributed by atoms with van der Waals surface area (Å²) in [6, 6.07) is 2.16. The number of hydrogen-bond donors (Lipinski definition) is 1. The van der Waals surface area contributed by atoms with Crippen LogP contribution in [-0.4, -0.2) is 27.2 Å². The number of carbonyl (C=O) groups excluding carboxylic acids is 1. The van der Waals surface area contributed by atoms with Gasteiger partial charge in [-0.3, -0.25) is 4.79 Å². The normalized spacial score (nSPS) is 31.7. The third kappa shape index (κ3) is 3.81. The van der Waals surface area contributed by atoms with Crippen LogP contribution >= 0.6 is 11.6 Å². The van der Waals surface area contributed by atoms with E-state index in [9.17, 15) is 17.6 Å². The zero-order valence-corrected chi connectivity index (χ0v) is 16.7. The summed E-state index contributed by atoms with van der Waals surface area (Å²) in [6.45, 7) is 0.487. The molecule has 1 aromatic rings. The molecule has 1 aromatic carbocycles. The third-order valence-electron chi connectivity index (χ3n) is 6.50. The summed E-state index contributed by atoms with van der Waals surface area (Å²) in [5, 5.41) is 0.0910. The van der Waals surface area contributed by atoms with E-state index in [1.165, 1.54) is 32.1 Å². The predicted octanol–water partition coefficient (Wildman–Crippen LogP) is 3.62. The molecule has 1 N–H and O–H groups in total. The summed E-state index contributed by atoms with van der Waals surface area (Å²) in [7, 11) is -3.78. The third-order valence-corrected chi connectivity index (χ3v) is 7.36. The molecule has 2 bridgehead atoms. The highest BCUT2D eigenvalue weighted by molar-refractivity contribution is 7.89. The Morgan fingerprint density at radius 1 is 1.22 bits per heavy atom. The van der Waals surface area contributed by atoms with Crippen molar-refractivity contribution >= 4 is 27.5 Å². The van der Waals surface area contributed by atoms with Gasteiger partial charge < -0.3 is 4.74 Å². The lowest BCUT2D eigenvalue weighted by molar-refractivity contribution is 0.0977. The van der Waals surface area contributed by atoms with Crippen molar-refractivity contribution in [2.45, 2.75) is 32.1 Å². The summed E-state index contributed by atoms with van der Waals surface area (Å²) >= 11 is 6.13. The Morgan fingerprint density at radius 3 is 2.44 bits per heavy atom. The van der Waals surface area contributed by atoms with Gasteiger partial charge in [0.2, 0.25) is 10.0 Å². The van der Waals surface area contributed by atoms with E-state index in [2.05, 4.69) is 0 Å². The van der Waals surface area contributed by atoms with E-state index in [1.54, 1.807) is 4.72 Å². The number of benzene rings is 1. The first-order valence-electron chi connectivity index (χ1n) is 9.35. The standard InChI is InChI=1S/C19H23ClFNO4S/c1-27(24,25)22-19(23)15-7-16(20)18(8-17(15)21)26-9-10-4-13-11-2-3-12(6-11)14(13)5-10/h7-8,10-14H,2-6,9H2,1H3,(H,22,23)/t10?,11-,12+,13+,14-. The van der Waals surface area contributed by atoms with Crippen molar-refractivity contribution in [3.8, 4) is 5.75 Å². The Labute approximate surface area is 163 Å². The molecule has 3 aliphatic rings. The highest BCUT2D eigenvalue weighted by Gasteiger charge is 2.51. The van der Waals surface area contributed by atoms with Crippen molar-refractivity contribution in [2.24, 2.45) is 29.6 Å². The van der Waals surface area contributed by atoms with Crippen LogP contribution in [0.25, 0.3) is 0 Å². The van der Waals surface area contributed by atoms with Crippen LogP contribution in [0.3, 0.4) is 0 Å². The van der Waals surface area contributed by atoms with E-state index in [1.807, 2.05) is 0 Å².